The fourth-order valence-electron chi connectivity index (χ4n) is 1.04. The molecule has 0 spiro atoms. The van der Waals surface area contributed by atoms with Gasteiger partial charge in [-0.2, -0.15) is 20.1 Å². The Hall–Kier alpha value is -0.950. The van der Waals surface area contributed by atoms with Crippen LogP contribution in [0.3, 0.4) is 0 Å². The van der Waals surface area contributed by atoms with Gasteiger partial charge in [-0.25, -0.2) is 8.78 Å². The molecule has 7 heteroatoms. The molecule has 2 nitrogen and oxygen atoms in total. The van der Waals surface area contributed by atoms with Crippen molar-refractivity contribution in [2.24, 2.45) is 0 Å². The highest BCUT2D eigenvalue weighted by Crippen LogP contribution is 2.22. The van der Waals surface area contributed by atoms with Crippen LogP contribution in [0.1, 0.15) is 5.56 Å². The molecule has 0 fully saturated rings. The molecule has 1 aromatic heterocycles. The second kappa shape index (κ2) is 6.11. The van der Waals surface area contributed by atoms with E-state index in [9.17, 15) is 22.4 Å². The topological polar surface area (TPSA) is 26.3 Å². The van der Waals surface area contributed by atoms with Crippen LogP contribution < -0.4 is 0 Å². The summed E-state index contributed by atoms with van der Waals surface area (Å²) in [7, 11) is 0. The molecule has 1 aromatic rings. The minimum absolute atomic E-state index is 0.0593. The molecule has 0 atom stereocenters. The molecule has 0 aliphatic carbocycles. The Balaban J connectivity index is 2.25. The molecule has 1 heterocycles. The summed E-state index contributed by atoms with van der Waals surface area (Å²) in [6, 6.07) is 1.72. The Kier molecular flexibility index (Phi) is 5.07. The lowest BCUT2D eigenvalue weighted by Crippen LogP contribution is -2.33. The van der Waals surface area contributed by atoms with Crippen molar-refractivity contribution < 1.29 is 27.1 Å². The number of ketones is 1. The van der Waals surface area contributed by atoms with Crippen LogP contribution in [0, 0.1) is 0 Å². The highest BCUT2D eigenvalue weighted by Gasteiger charge is 2.41. The van der Waals surface area contributed by atoms with E-state index in [1.807, 2.05) is 0 Å². The summed E-state index contributed by atoms with van der Waals surface area (Å²) >= 11 is 1.40. The molecule has 0 aliphatic rings. The van der Waals surface area contributed by atoms with E-state index in [1.54, 1.807) is 16.8 Å². The van der Waals surface area contributed by atoms with Gasteiger partial charge in [0.1, 0.15) is 13.2 Å². The number of hydrogen-bond donors (Lipinski definition) is 0. The zero-order valence-electron chi connectivity index (χ0n) is 8.67. The average Bonchev–Trinajstić information content (AvgIpc) is 2.69. The molecule has 0 saturated carbocycles. The van der Waals surface area contributed by atoms with Gasteiger partial charge in [-0.05, 0) is 22.4 Å². The monoisotopic (exact) mass is 270 g/mol. The molecule has 1 rings (SSSR count). The van der Waals surface area contributed by atoms with Gasteiger partial charge in [0.2, 0.25) is 0 Å². The second-order valence-electron chi connectivity index (χ2n) is 3.40. The Labute approximate surface area is 99.2 Å². The summed E-state index contributed by atoms with van der Waals surface area (Å²) in [6.45, 7) is -2.03. The molecule has 0 aromatic carbocycles. The molecule has 0 bridgehead atoms. The maximum atomic E-state index is 12.4. The standard InChI is InChI=1S/C10H10F4O2S/c11-9(12)10(13,14)6-16-4-8(15)3-7-1-2-17-5-7/h1-2,5,9H,3-4,6H2. The molecule has 0 unspecified atom stereocenters. The van der Waals surface area contributed by atoms with Gasteiger partial charge in [-0.15, -0.1) is 0 Å². The van der Waals surface area contributed by atoms with Crippen LogP contribution in [-0.2, 0) is 16.0 Å². The average molecular weight is 270 g/mol. The maximum Gasteiger partial charge on any atom is 0.330 e. The van der Waals surface area contributed by atoms with E-state index in [1.165, 1.54) is 11.3 Å². The zero-order valence-corrected chi connectivity index (χ0v) is 9.48. The van der Waals surface area contributed by atoms with Gasteiger partial charge in [0.15, 0.2) is 5.78 Å². The van der Waals surface area contributed by atoms with Crippen molar-refractivity contribution in [1.82, 2.24) is 0 Å². The SMILES string of the molecule is O=C(COCC(F)(F)C(F)F)Cc1ccsc1. The van der Waals surface area contributed by atoms with Crippen LogP contribution >= 0.6 is 11.3 Å². The third-order valence-corrected chi connectivity index (χ3v) is 2.59. The van der Waals surface area contributed by atoms with E-state index in [4.69, 9.17) is 0 Å². The minimum atomic E-state index is -4.21. The molecule has 0 amide bonds. The molecule has 0 saturated heterocycles. The highest BCUT2D eigenvalue weighted by atomic mass is 32.1. The van der Waals surface area contributed by atoms with E-state index in [0.29, 0.717) is 0 Å². The number of thiophene rings is 1. The summed E-state index contributed by atoms with van der Waals surface area (Å²) in [5.74, 6) is -4.63. The number of rotatable bonds is 7. The predicted octanol–water partition coefficient (Wildman–Crippen LogP) is 2.78. The van der Waals surface area contributed by atoms with Crippen molar-refractivity contribution in [2.75, 3.05) is 13.2 Å². The zero-order chi connectivity index (χ0) is 12.9. The molecule has 0 N–H and O–H groups in total. The summed E-state index contributed by atoms with van der Waals surface area (Å²) in [4.78, 5) is 11.2. The van der Waals surface area contributed by atoms with E-state index < -0.39 is 31.3 Å². The lowest BCUT2D eigenvalue weighted by molar-refractivity contribution is -0.168. The fourth-order valence-corrected chi connectivity index (χ4v) is 1.70. The van der Waals surface area contributed by atoms with Crippen LogP contribution in [0.15, 0.2) is 16.8 Å². The third kappa shape index (κ3) is 4.82. The molecular formula is C10H10F4O2S. The number of Topliss-reactive ketones (excluding diaryl/α,β-unsaturated/α-hetero) is 1. The van der Waals surface area contributed by atoms with Crippen molar-refractivity contribution in [3.63, 3.8) is 0 Å². The lowest BCUT2D eigenvalue weighted by Gasteiger charge is -2.14. The fraction of sp³-hybridized carbons (Fsp3) is 0.500. The van der Waals surface area contributed by atoms with E-state index >= 15 is 0 Å². The Morgan fingerprint density at radius 1 is 1.47 bits per heavy atom. The van der Waals surface area contributed by atoms with Crippen LogP contribution in [0.25, 0.3) is 0 Å². The quantitative estimate of drug-likeness (QED) is 0.712. The molecular weight excluding hydrogens is 260 g/mol. The number of carbonyl (C=O) groups excluding carboxylic acids is 1. The number of halogens is 4. The van der Waals surface area contributed by atoms with Crippen molar-refractivity contribution in [2.45, 2.75) is 18.8 Å². The van der Waals surface area contributed by atoms with E-state index in [0.717, 1.165) is 5.56 Å². The first kappa shape index (κ1) is 14.1. The minimum Gasteiger partial charge on any atom is -0.367 e. The summed E-state index contributed by atoms with van der Waals surface area (Å²) < 4.78 is 52.5. The maximum absolute atomic E-state index is 12.4. The predicted molar refractivity (Wildman–Crippen MR) is 54.8 cm³/mol. The van der Waals surface area contributed by atoms with Crippen molar-refractivity contribution in [3.05, 3.63) is 22.4 Å². The lowest BCUT2D eigenvalue weighted by atomic mass is 10.2. The first-order chi connectivity index (χ1) is 7.92. The van der Waals surface area contributed by atoms with Crippen LogP contribution in [0.4, 0.5) is 17.6 Å². The molecule has 0 aliphatic heterocycles. The molecule has 17 heavy (non-hydrogen) atoms. The van der Waals surface area contributed by atoms with Crippen molar-refractivity contribution in [3.8, 4) is 0 Å². The van der Waals surface area contributed by atoms with Crippen molar-refractivity contribution >= 4 is 17.1 Å². The first-order valence-corrected chi connectivity index (χ1v) is 5.62. The summed E-state index contributed by atoms with van der Waals surface area (Å²) in [5, 5.41) is 3.51. The van der Waals surface area contributed by atoms with Gasteiger partial charge in [-0.3, -0.25) is 4.79 Å². The van der Waals surface area contributed by atoms with Crippen LogP contribution in [0.5, 0.6) is 0 Å². The van der Waals surface area contributed by atoms with Gasteiger partial charge < -0.3 is 4.74 Å². The molecule has 0 radical (unpaired) electrons. The third-order valence-electron chi connectivity index (χ3n) is 1.86. The number of hydrogen-bond acceptors (Lipinski definition) is 3. The van der Waals surface area contributed by atoms with Gasteiger partial charge in [0, 0.05) is 6.42 Å². The largest absolute Gasteiger partial charge is 0.367 e. The number of ether oxygens (including phenoxy) is 1. The summed E-state index contributed by atoms with van der Waals surface area (Å²) in [6.07, 6.45) is -3.72. The van der Waals surface area contributed by atoms with Gasteiger partial charge >= 0.3 is 12.3 Å². The highest BCUT2D eigenvalue weighted by molar-refractivity contribution is 7.07. The number of alkyl halides is 4. The summed E-state index contributed by atoms with van der Waals surface area (Å²) in [5.41, 5.74) is 0.754. The smallest absolute Gasteiger partial charge is 0.330 e. The Morgan fingerprint density at radius 2 is 2.18 bits per heavy atom. The van der Waals surface area contributed by atoms with Gasteiger partial charge in [0.05, 0.1) is 0 Å². The first-order valence-electron chi connectivity index (χ1n) is 4.68. The van der Waals surface area contributed by atoms with E-state index in [-0.39, 0.29) is 6.42 Å². The van der Waals surface area contributed by atoms with E-state index in [2.05, 4.69) is 4.74 Å². The van der Waals surface area contributed by atoms with Gasteiger partial charge in [-0.1, -0.05) is 0 Å². The van der Waals surface area contributed by atoms with Crippen LogP contribution in [-0.4, -0.2) is 31.3 Å². The molecule has 96 valence electrons. The van der Waals surface area contributed by atoms with Crippen LogP contribution in [0.2, 0.25) is 0 Å². The number of carbonyl (C=O) groups is 1. The Bertz CT molecular complexity index is 351. The Morgan fingerprint density at radius 3 is 2.71 bits per heavy atom. The van der Waals surface area contributed by atoms with Gasteiger partial charge in [0.25, 0.3) is 0 Å². The van der Waals surface area contributed by atoms with Crippen molar-refractivity contribution in [1.29, 1.82) is 0 Å². The second-order valence-corrected chi connectivity index (χ2v) is 4.18. The normalized spacial score (nSPS) is 12.1.